The summed E-state index contributed by atoms with van der Waals surface area (Å²) in [7, 11) is 0. The summed E-state index contributed by atoms with van der Waals surface area (Å²) in [6.07, 6.45) is -1.67. The van der Waals surface area contributed by atoms with Crippen LogP contribution in [0.4, 0.5) is 4.79 Å². The van der Waals surface area contributed by atoms with E-state index in [4.69, 9.17) is 15.2 Å². The minimum atomic E-state index is -2.19. The summed E-state index contributed by atoms with van der Waals surface area (Å²) in [5, 5.41) is 9.75. The van der Waals surface area contributed by atoms with Crippen LogP contribution in [0.25, 0.3) is 0 Å². The zero-order valence-electron chi connectivity index (χ0n) is 17.3. The average Bonchev–Trinajstić information content (AvgIpc) is 2.65. The Kier molecular flexibility index (Phi) is 6.55. The van der Waals surface area contributed by atoms with Crippen LogP contribution in [0.3, 0.4) is 0 Å². The maximum absolute atomic E-state index is 13.2. The molecule has 0 aromatic carbocycles. The highest BCUT2D eigenvalue weighted by molar-refractivity contribution is 6.08. The SMILES string of the molecule is CCOC(=O)OC(=O)CC1(C(=O)OCC)C(C#N)=C(N)OC2=C1C(=O)CCC2(C)C. The van der Waals surface area contributed by atoms with Gasteiger partial charge >= 0.3 is 18.1 Å². The van der Waals surface area contributed by atoms with Gasteiger partial charge in [-0.25, -0.2) is 4.79 Å². The molecule has 1 aliphatic heterocycles. The Morgan fingerprint density at radius 3 is 2.40 bits per heavy atom. The minimum absolute atomic E-state index is 0.0404. The molecule has 1 aliphatic carbocycles. The van der Waals surface area contributed by atoms with Gasteiger partial charge < -0.3 is 24.7 Å². The third-order valence-electron chi connectivity index (χ3n) is 5.01. The monoisotopic (exact) mass is 420 g/mol. The number of esters is 2. The molecule has 162 valence electrons. The van der Waals surface area contributed by atoms with Crippen LogP contribution < -0.4 is 5.73 Å². The lowest BCUT2D eigenvalue weighted by atomic mass is 9.62. The van der Waals surface area contributed by atoms with Gasteiger partial charge in [0.1, 0.15) is 17.4 Å². The molecular formula is C20H24N2O8. The van der Waals surface area contributed by atoms with Crippen molar-refractivity contribution in [2.75, 3.05) is 13.2 Å². The molecule has 10 nitrogen and oxygen atoms in total. The predicted octanol–water partition coefficient (Wildman–Crippen LogP) is 1.99. The number of Topliss-reactive ketones (excluding diaryl/α,β-unsaturated/α-hetero) is 1. The Morgan fingerprint density at radius 2 is 1.83 bits per heavy atom. The van der Waals surface area contributed by atoms with Crippen molar-refractivity contribution < 1.29 is 38.1 Å². The van der Waals surface area contributed by atoms with Crippen molar-refractivity contribution in [3.63, 3.8) is 0 Å². The molecule has 0 fully saturated rings. The number of allylic oxidation sites excluding steroid dienone is 1. The molecule has 0 radical (unpaired) electrons. The molecule has 2 rings (SSSR count). The van der Waals surface area contributed by atoms with Gasteiger partial charge in [-0.1, -0.05) is 13.8 Å². The van der Waals surface area contributed by atoms with E-state index in [2.05, 4.69) is 9.47 Å². The third kappa shape index (κ3) is 3.87. The zero-order chi connectivity index (χ0) is 22.7. The minimum Gasteiger partial charge on any atom is -0.465 e. The summed E-state index contributed by atoms with van der Waals surface area (Å²) < 4.78 is 19.9. The number of rotatable bonds is 5. The second-order valence-corrected chi connectivity index (χ2v) is 7.42. The van der Waals surface area contributed by atoms with Crippen molar-refractivity contribution in [2.24, 2.45) is 16.6 Å². The van der Waals surface area contributed by atoms with Crippen LogP contribution in [0.1, 0.15) is 47.0 Å². The van der Waals surface area contributed by atoms with Gasteiger partial charge in [0, 0.05) is 11.8 Å². The number of nitriles is 1. The van der Waals surface area contributed by atoms with Crippen molar-refractivity contribution in [1.29, 1.82) is 5.26 Å². The highest BCUT2D eigenvalue weighted by Gasteiger charge is 2.59. The summed E-state index contributed by atoms with van der Waals surface area (Å²) in [6.45, 7) is 6.48. The zero-order valence-corrected chi connectivity index (χ0v) is 17.3. The Labute approximate surface area is 173 Å². The van der Waals surface area contributed by atoms with Gasteiger partial charge in [-0.2, -0.15) is 5.26 Å². The molecule has 30 heavy (non-hydrogen) atoms. The van der Waals surface area contributed by atoms with E-state index in [1.165, 1.54) is 13.8 Å². The lowest BCUT2D eigenvalue weighted by Crippen LogP contribution is -2.48. The van der Waals surface area contributed by atoms with Crippen molar-refractivity contribution in [1.82, 2.24) is 0 Å². The first kappa shape index (κ1) is 22.9. The Morgan fingerprint density at radius 1 is 1.20 bits per heavy atom. The van der Waals surface area contributed by atoms with Gasteiger partial charge in [0.05, 0.1) is 25.2 Å². The number of nitrogens with zero attached hydrogens (tertiary/aromatic N) is 1. The fraction of sp³-hybridized carbons (Fsp3) is 0.550. The number of ketones is 1. The first-order chi connectivity index (χ1) is 14.0. The lowest BCUT2D eigenvalue weighted by Gasteiger charge is -2.43. The van der Waals surface area contributed by atoms with Crippen molar-refractivity contribution in [3.8, 4) is 6.07 Å². The second kappa shape index (κ2) is 8.57. The highest BCUT2D eigenvalue weighted by Crippen LogP contribution is 2.54. The molecule has 2 N–H and O–H groups in total. The third-order valence-corrected chi connectivity index (χ3v) is 5.01. The number of ether oxygens (including phenoxy) is 4. The fourth-order valence-corrected chi connectivity index (χ4v) is 3.60. The largest absolute Gasteiger partial charge is 0.516 e. The van der Waals surface area contributed by atoms with Crippen LogP contribution in [-0.2, 0) is 33.3 Å². The van der Waals surface area contributed by atoms with E-state index in [-0.39, 0.29) is 31.0 Å². The maximum atomic E-state index is 13.2. The van der Waals surface area contributed by atoms with E-state index < -0.39 is 52.6 Å². The summed E-state index contributed by atoms with van der Waals surface area (Å²) in [6, 6.07) is 1.77. The molecule has 0 amide bonds. The molecule has 0 bridgehead atoms. The van der Waals surface area contributed by atoms with E-state index in [0.717, 1.165) is 0 Å². The molecule has 10 heteroatoms. The van der Waals surface area contributed by atoms with Crippen LogP contribution >= 0.6 is 0 Å². The van der Waals surface area contributed by atoms with Crippen molar-refractivity contribution in [3.05, 3.63) is 22.8 Å². The van der Waals surface area contributed by atoms with E-state index in [9.17, 15) is 24.4 Å². The van der Waals surface area contributed by atoms with Gasteiger partial charge in [-0.15, -0.1) is 0 Å². The normalized spacial score (nSPS) is 22.4. The van der Waals surface area contributed by atoms with Gasteiger partial charge in [0.2, 0.25) is 5.88 Å². The van der Waals surface area contributed by atoms with Gasteiger partial charge in [-0.3, -0.25) is 14.4 Å². The fourth-order valence-electron chi connectivity index (χ4n) is 3.60. The standard InChI is InChI=1S/C20H24N2O8/c1-5-27-17(25)20(9-13(24)29-18(26)28-6-2)11(10-21)16(22)30-15-14(20)12(23)7-8-19(15,3)4/h5-9,22H2,1-4H3. The summed E-state index contributed by atoms with van der Waals surface area (Å²) in [5.41, 5.74) is 2.40. The molecule has 1 heterocycles. The summed E-state index contributed by atoms with van der Waals surface area (Å²) >= 11 is 0. The average molecular weight is 420 g/mol. The lowest BCUT2D eigenvalue weighted by molar-refractivity contribution is -0.158. The van der Waals surface area contributed by atoms with Gasteiger partial charge in [0.25, 0.3) is 0 Å². The molecule has 0 saturated heterocycles. The predicted molar refractivity (Wildman–Crippen MR) is 99.8 cm³/mol. The molecule has 0 aromatic rings. The molecule has 1 atom stereocenters. The number of nitrogens with two attached hydrogens (primary N) is 1. The first-order valence-electron chi connectivity index (χ1n) is 9.46. The summed E-state index contributed by atoms with van der Waals surface area (Å²) in [4.78, 5) is 50.2. The first-order valence-corrected chi connectivity index (χ1v) is 9.46. The van der Waals surface area contributed by atoms with E-state index >= 15 is 0 Å². The molecule has 1 unspecified atom stereocenters. The smallest absolute Gasteiger partial charge is 0.465 e. The topological polar surface area (TPSA) is 155 Å². The van der Waals surface area contributed by atoms with Crippen LogP contribution in [0.5, 0.6) is 0 Å². The van der Waals surface area contributed by atoms with Crippen LogP contribution in [0, 0.1) is 22.2 Å². The van der Waals surface area contributed by atoms with Crippen LogP contribution in [0.15, 0.2) is 22.8 Å². The van der Waals surface area contributed by atoms with Crippen molar-refractivity contribution >= 4 is 23.9 Å². The highest BCUT2D eigenvalue weighted by atomic mass is 16.7. The maximum Gasteiger partial charge on any atom is 0.516 e. The second-order valence-electron chi connectivity index (χ2n) is 7.42. The molecule has 0 saturated carbocycles. The number of carbonyl (C=O) groups is 4. The van der Waals surface area contributed by atoms with E-state index in [1.54, 1.807) is 19.9 Å². The Balaban J connectivity index is 2.73. The van der Waals surface area contributed by atoms with Crippen LogP contribution in [-0.4, -0.2) is 37.1 Å². The van der Waals surface area contributed by atoms with Gasteiger partial charge in [-0.05, 0) is 20.3 Å². The molecule has 0 aromatic heterocycles. The number of hydrogen-bond acceptors (Lipinski definition) is 10. The van der Waals surface area contributed by atoms with Gasteiger partial charge in [0.15, 0.2) is 11.2 Å². The Bertz CT molecular complexity index is 893. The van der Waals surface area contributed by atoms with E-state index in [0.29, 0.717) is 6.42 Å². The molecular weight excluding hydrogens is 396 g/mol. The van der Waals surface area contributed by atoms with Crippen molar-refractivity contribution in [2.45, 2.75) is 47.0 Å². The van der Waals surface area contributed by atoms with Crippen LogP contribution in [0.2, 0.25) is 0 Å². The van der Waals surface area contributed by atoms with E-state index in [1.807, 2.05) is 0 Å². The molecule has 2 aliphatic rings. The number of hydrogen-bond donors (Lipinski definition) is 1. The molecule has 0 spiro atoms. The quantitative estimate of drug-likeness (QED) is 0.515. The summed E-state index contributed by atoms with van der Waals surface area (Å²) in [5.74, 6) is -3.04. The number of carbonyl (C=O) groups excluding carboxylic acids is 4. The Hall–Kier alpha value is -3.35.